The van der Waals surface area contributed by atoms with Crippen molar-refractivity contribution in [2.24, 2.45) is 11.7 Å². The molecule has 1 saturated carbocycles. The summed E-state index contributed by atoms with van der Waals surface area (Å²) < 4.78 is 5.53. The zero-order valence-electron chi connectivity index (χ0n) is 8.72. The molecule has 0 bridgehead atoms. The normalized spacial score (nSPS) is 36.6. The van der Waals surface area contributed by atoms with Crippen molar-refractivity contribution >= 4 is 5.91 Å². The Hall–Kier alpha value is -1.40. The van der Waals surface area contributed by atoms with E-state index >= 15 is 0 Å². The summed E-state index contributed by atoms with van der Waals surface area (Å²) in [5.74, 6) is 0.235. The van der Waals surface area contributed by atoms with Gasteiger partial charge in [0, 0.05) is 24.8 Å². The lowest BCUT2D eigenvalue weighted by molar-refractivity contribution is -0.0161. The van der Waals surface area contributed by atoms with Gasteiger partial charge in [0.15, 0.2) is 0 Å². The molecule has 3 rings (SSSR count). The minimum Gasteiger partial charge on any atom is -0.376 e. The fourth-order valence-electron chi connectivity index (χ4n) is 2.54. The Kier molecular flexibility index (Phi) is 2.19. The number of fused-ring (bicyclic) bond motifs is 1. The van der Waals surface area contributed by atoms with E-state index in [9.17, 15) is 4.79 Å². The van der Waals surface area contributed by atoms with Crippen LogP contribution < -0.4 is 11.1 Å². The number of hydrogen-bond donors (Lipinski definition) is 3. The van der Waals surface area contributed by atoms with Gasteiger partial charge < -0.3 is 15.8 Å². The maximum absolute atomic E-state index is 11.7. The number of rotatable bonds is 2. The third-order valence-corrected chi connectivity index (χ3v) is 3.49. The van der Waals surface area contributed by atoms with Gasteiger partial charge >= 0.3 is 0 Å². The average molecular weight is 222 g/mol. The lowest BCUT2D eigenvalue weighted by atomic mass is 9.72. The Morgan fingerprint density at radius 3 is 3.31 bits per heavy atom. The van der Waals surface area contributed by atoms with Gasteiger partial charge in [0.05, 0.1) is 12.1 Å². The number of amides is 1. The van der Waals surface area contributed by atoms with Gasteiger partial charge in [-0.2, -0.15) is 5.10 Å². The molecule has 0 spiro atoms. The third kappa shape index (κ3) is 1.34. The van der Waals surface area contributed by atoms with E-state index in [0.717, 1.165) is 13.0 Å². The highest BCUT2D eigenvalue weighted by molar-refractivity contribution is 5.92. The fourth-order valence-corrected chi connectivity index (χ4v) is 2.54. The Balaban J connectivity index is 1.65. The number of nitrogens with two attached hydrogens (primary N) is 1. The quantitative estimate of drug-likeness (QED) is 0.614. The van der Waals surface area contributed by atoms with Crippen LogP contribution in [-0.4, -0.2) is 40.9 Å². The van der Waals surface area contributed by atoms with Gasteiger partial charge in [0.25, 0.3) is 5.91 Å². The molecule has 1 aliphatic carbocycles. The molecule has 4 atom stereocenters. The summed E-state index contributed by atoms with van der Waals surface area (Å²) in [5, 5.41) is 9.23. The minimum absolute atomic E-state index is 0.0133. The second kappa shape index (κ2) is 3.57. The second-order valence-corrected chi connectivity index (χ2v) is 4.33. The first-order valence-corrected chi connectivity index (χ1v) is 5.45. The monoisotopic (exact) mass is 222 g/mol. The Bertz CT molecular complexity index is 392. The molecule has 86 valence electrons. The topological polar surface area (TPSA) is 93.0 Å². The van der Waals surface area contributed by atoms with E-state index in [0.29, 0.717) is 11.6 Å². The summed E-state index contributed by atoms with van der Waals surface area (Å²) in [6.45, 7) is 0.749. The number of H-pyrrole nitrogens is 1. The Morgan fingerprint density at radius 2 is 2.56 bits per heavy atom. The molecule has 4 unspecified atom stereocenters. The van der Waals surface area contributed by atoms with Crippen molar-refractivity contribution in [3.63, 3.8) is 0 Å². The minimum atomic E-state index is -0.174. The molecule has 6 nitrogen and oxygen atoms in total. The first-order chi connectivity index (χ1) is 7.77. The van der Waals surface area contributed by atoms with Crippen LogP contribution in [0.3, 0.4) is 0 Å². The third-order valence-electron chi connectivity index (χ3n) is 3.49. The maximum Gasteiger partial charge on any atom is 0.269 e. The van der Waals surface area contributed by atoms with Crippen molar-refractivity contribution in [1.82, 2.24) is 15.5 Å². The highest BCUT2D eigenvalue weighted by Crippen LogP contribution is 2.37. The van der Waals surface area contributed by atoms with Crippen LogP contribution in [0.25, 0.3) is 0 Å². The molecule has 2 fully saturated rings. The van der Waals surface area contributed by atoms with Crippen LogP contribution in [0, 0.1) is 5.92 Å². The first kappa shape index (κ1) is 9.80. The SMILES string of the molecule is NC1C2CCOC2C1NC(=O)c1ccn[nH]1. The summed E-state index contributed by atoms with van der Waals surface area (Å²) in [7, 11) is 0. The summed E-state index contributed by atoms with van der Waals surface area (Å²) in [4.78, 5) is 11.7. The molecule has 2 heterocycles. The van der Waals surface area contributed by atoms with Crippen LogP contribution in [-0.2, 0) is 4.74 Å². The smallest absolute Gasteiger partial charge is 0.269 e. The standard InChI is InChI=1S/C10H14N4O2/c11-7-5-2-4-16-9(5)8(7)13-10(15)6-1-3-12-14-6/h1,3,5,7-9H,2,4,11H2,(H,12,14)(H,13,15). The van der Waals surface area contributed by atoms with Crippen molar-refractivity contribution in [2.75, 3.05) is 6.61 Å². The molecule has 0 radical (unpaired) electrons. The summed E-state index contributed by atoms with van der Waals surface area (Å²) >= 11 is 0. The zero-order valence-corrected chi connectivity index (χ0v) is 8.72. The number of hydrogen-bond acceptors (Lipinski definition) is 4. The number of aromatic nitrogens is 2. The van der Waals surface area contributed by atoms with Crippen LogP contribution >= 0.6 is 0 Å². The number of ether oxygens (including phenoxy) is 1. The largest absolute Gasteiger partial charge is 0.376 e. The molecular weight excluding hydrogens is 208 g/mol. The number of nitrogens with zero attached hydrogens (tertiary/aromatic N) is 1. The molecule has 2 aliphatic rings. The number of aromatic amines is 1. The summed E-state index contributed by atoms with van der Waals surface area (Å²) in [6, 6.07) is 1.58. The van der Waals surface area contributed by atoms with E-state index in [1.807, 2.05) is 0 Å². The molecule has 16 heavy (non-hydrogen) atoms. The summed E-state index contributed by atoms with van der Waals surface area (Å²) in [5.41, 5.74) is 6.44. The molecule has 4 N–H and O–H groups in total. The molecule has 6 heteroatoms. The lowest BCUT2D eigenvalue weighted by Gasteiger charge is -2.45. The van der Waals surface area contributed by atoms with Gasteiger partial charge in [0.1, 0.15) is 5.69 Å². The molecule has 1 amide bonds. The van der Waals surface area contributed by atoms with Gasteiger partial charge in [0.2, 0.25) is 0 Å². The molecule has 0 aromatic carbocycles. The van der Waals surface area contributed by atoms with Crippen LogP contribution in [0.2, 0.25) is 0 Å². The van der Waals surface area contributed by atoms with Crippen LogP contribution in [0.1, 0.15) is 16.9 Å². The number of carbonyl (C=O) groups excluding carboxylic acids is 1. The van der Waals surface area contributed by atoms with Crippen molar-refractivity contribution in [3.8, 4) is 0 Å². The average Bonchev–Trinajstić information content (AvgIpc) is 2.94. The van der Waals surface area contributed by atoms with Gasteiger partial charge in [-0.3, -0.25) is 9.89 Å². The van der Waals surface area contributed by atoms with Crippen molar-refractivity contribution in [3.05, 3.63) is 18.0 Å². The van der Waals surface area contributed by atoms with E-state index in [2.05, 4.69) is 15.5 Å². The maximum atomic E-state index is 11.7. The first-order valence-electron chi connectivity index (χ1n) is 5.45. The lowest BCUT2D eigenvalue weighted by Crippen LogP contribution is -2.69. The predicted octanol–water partition coefficient (Wildman–Crippen LogP) is -0.746. The molecule has 1 aromatic rings. The van der Waals surface area contributed by atoms with E-state index in [-0.39, 0.29) is 24.1 Å². The molecular formula is C10H14N4O2. The van der Waals surface area contributed by atoms with E-state index < -0.39 is 0 Å². The van der Waals surface area contributed by atoms with Gasteiger partial charge in [-0.05, 0) is 12.5 Å². The van der Waals surface area contributed by atoms with E-state index in [1.165, 1.54) is 0 Å². The number of nitrogens with one attached hydrogen (secondary N) is 2. The zero-order chi connectivity index (χ0) is 11.1. The fraction of sp³-hybridized carbons (Fsp3) is 0.600. The molecule has 1 aliphatic heterocycles. The summed E-state index contributed by atoms with van der Waals surface area (Å²) in [6.07, 6.45) is 2.65. The van der Waals surface area contributed by atoms with Crippen molar-refractivity contribution in [2.45, 2.75) is 24.6 Å². The van der Waals surface area contributed by atoms with Gasteiger partial charge in [-0.1, -0.05) is 0 Å². The van der Waals surface area contributed by atoms with Crippen LogP contribution in [0.5, 0.6) is 0 Å². The highest BCUT2D eigenvalue weighted by Gasteiger charge is 2.52. The highest BCUT2D eigenvalue weighted by atomic mass is 16.5. The van der Waals surface area contributed by atoms with Crippen molar-refractivity contribution in [1.29, 1.82) is 0 Å². The molecule has 1 saturated heterocycles. The second-order valence-electron chi connectivity index (χ2n) is 4.33. The van der Waals surface area contributed by atoms with Gasteiger partial charge in [-0.25, -0.2) is 0 Å². The van der Waals surface area contributed by atoms with Gasteiger partial charge in [-0.15, -0.1) is 0 Å². The van der Waals surface area contributed by atoms with Crippen LogP contribution in [0.4, 0.5) is 0 Å². The van der Waals surface area contributed by atoms with Crippen molar-refractivity contribution < 1.29 is 9.53 Å². The van der Waals surface area contributed by atoms with Crippen LogP contribution in [0.15, 0.2) is 12.3 Å². The Morgan fingerprint density at radius 1 is 1.69 bits per heavy atom. The van der Waals surface area contributed by atoms with E-state index in [1.54, 1.807) is 12.3 Å². The Labute approximate surface area is 92.5 Å². The predicted molar refractivity (Wildman–Crippen MR) is 55.7 cm³/mol. The van der Waals surface area contributed by atoms with E-state index in [4.69, 9.17) is 10.5 Å². The number of carbonyl (C=O) groups is 1. The molecule has 1 aromatic heterocycles.